The van der Waals surface area contributed by atoms with Crippen molar-refractivity contribution in [3.8, 4) is 0 Å². The van der Waals surface area contributed by atoms with E-state index in [1.807, 2.05) is 0 Å². The number of ketones is 1. The second-order valence-corrected chi connectivity index (χ2v) is 20.1. The molecule has 16 nitrogen and oxygen atoms in total. The number of hydrogen-bond acceptors (Lipinski definition) is 12. The van der Waals surface area contributed by atoms with E-state index in [2.05, 4.69) is 54.4 Å². The van der Waals surface area contributed by atoms with Crippen LogP contribution in [0, 0.1) is 0 Å². The largest absolute Gasteiger partial charge is 0.373 e. The summed E-state index contributed by atoms with van der Waals surface area (Å²) in [5, 5.41) is 20.9. The molecule has 344 valence electrons. The average Bonchev–Trinajstić information content (AvgIpc) is 4.12. The van der Waals surface area contributed by atoms with Gasteiger partial charge in [0, 0.05) is 63.5 Å². The standard InChI is InChI=1S/C7H13N.2C5H11N.C5H10OS.C4H8N2O.2C4H7NO.C4H6O2.C3H7NO2S/c1-7-3-2-5-8-6-4-7;2*1-2-4-6-5-3-1;1-7(6)4-2-3-5-7;7-4-3-5-1-2-6-4;2*6-4-2-1-3-5-4;5-4-1-2-6-3-4;5-7(6)3-1-2-4-7/h8H,1-6H2;2*6H,1-5H2;1-5H2;5H,1-3H2,(H,6,7);2*1-3H2,(H,5,6);1-3H2;4H,1-3H2. The highest BCUT2D eigenvalue weighted by Crippen LogP contribution is 2.09. The van der Waals surface area contributed by atoms with Gasteiger partial charge in [0.1, 0.15) is 6.61 Å². The SMILES string of the molecule is C1CCNCC1.C1CCNCC1.C=C1CCCNCC1.C=S1(=O)CCCC1.O=C1CCCN1.O=C1CCCN1.O=C1CCOC1.O=C1CNCCN1.O=S1(=O)CCCN1. The van der Waals surface area contributed by atoms with Gasteiger partial charge in [-0.1, -0.05) is 25.0 Å². The molecule has 9 aliphatic heterocycles. The highest BCUT2D eigenvalue weighted by molar-refractivity contribution is 8.00. The zero-order chi connectivity index (χ0) is 43.3. The van der Waals surface area contributed by atoms with Crippen LogP contribution in [0.3, 0.4) is 0 Å². The van der Waals surface area contributed by atoms with Crippen LogP contribution in [0.2, 0.25) is 0 Å². The molecule has 9 heterocycles. The van der Waals surface area contributed by atoms with Crippen molar-refractivity contribution in [2.75, 3.05) is 109 Å². The minimum atomic E-state index is -2.80. The number of sulfonamides is 1. The number of amides is 3. The molecule has 8 N–H and O–H groups in total. The lowest BCUT2D eigenvalue weighted by atomic mass is 10.1. The maximum absolute atomic E-state index is 10.9. The lowest BCUT2D eigenvalue weighted by Crippen LogP contribution is -2.44. The molecule has 0 atom stereocenters. The van der Waals surface area contributed by atoms with Crippen LogP contribution in [0.4, 0.5) is 0 Å². The monoisotopic (exact) mass is 877 g/mol. The van der Waals surface area contributed by atoms with E-state index in [1.165, 1.54) is 96.1 Å². The van der Waals surface area contributed by atoms with Gasteiger partial charge in [-0.05, 0) is 132 Å². The van der Waals surface area contributed by atoms with Crippen molar-refractivity contribution in [1.82, 2.24) is 41.9 Å². The molecule has 9 saturated heterocycles. The van der Waals surface area contributed by atoms with E-state index in [-0.39, 0.29) is 23.5 Å². The van der Waals surface area contributed by atoms with Crippen LogP contribution in [0.25, 0.3) is 0 Å². The average molecular weight is 877 g/mol. The Morgan fingerprint density at radius 1 is 0.458 bits per heavy atom. The summed E-state index contributed by atoms with van der Waals surface area (Å²) in [6, 6.07) is 0. The van der Waals surface area contributed by atoms with Crippen LogP contribution >= 0.6 is 0 Å². The van der Waals surface area contributed by atoms with Gasteiger partial charge in [0.25, 0.3) is 0 Å². The number of nitrogens with one attached hydrogen (secondary N) is 8. The van der Waals surface area contributed by atoms with Crippen molar-refractivity contribution in [2.45, 2.75) is 109 Å². The van der Waals surface area contributed by atoms with Crippen molar-refractivity contribution in [1.29, 1.82) is 0 Å². The lowest BCUT2D eigenvalue weighted by molar-refractivity contribution is -0.121. The number of piperidine rings is 2. The summed E-state index contributed by atoms with van der Waals surface area (Å²) in [5.41, 5.74) is 1.41. The van der Waals surface area contributed by atoms with Gasteiger partial charge in [-0.25, -0.2) is 13.1 Å². The van der Waals surface area contributed by atoms with Crippen molar-refractivity contribution >= 4 is 48.9 Å². The highest BCUT2D eigenvalue weighted by Gasteiger charge is 2.15. The Kier molecular flexibility index (Phi) is 33.5. The first-order chi connectivity index (χ1) is 28.4. The smallest absolute Gasteiger partial charge is 0.234 e. The Balaban J connectivity index is 0.000000332. The fraction of sp³-hybridized carbons (Fsp3) is 0.829. The van der Waals surface area contributed by atoms with Crippen LogP contribution in [-0.4, -0.2) is 151 Å². The molecule has 9 fully saturated rings. The molecule has 0 spiro atoms. The van der Waals surface area contributed by atoms with Gasteiger partial charge in [-0.2, -0.15) is 0 Å². The van der Waals surface area contributed by atoms with Gasteiger partial charge < -0.3 is 42.0 Å². The van der Waals surface area contributed by atoms with Gasteiger partial charge in [-0.3, -0.25) is 23.4 Å². The fourth-order valence-corrected chi connectivity index (χ4v) is 8.89. The van der Waals surface area contributed by atoms with E-state index in [9.17, 15) is 31.8 Å². The summed E-state index contributed by atoms with van der Waals surface area (Å²) in [5.74, 6) is 6.39. The summed E-state index contributed by atoms with van der Waals surface area (Å²) in [4.78, 5) is 40.7. The third-order valence-electron chi connectivity index (χ3n) is 9.65. The normalized spacial score (nSPS) is 23.7. The quantitative estimate of drug-likeness (QED) is 0.127. The van der Waals surface area contributed by atoms with Crippen molar-refractivity contribution in [3.05, 3.63) is 12.2 Å². The first-order valence-electron chi connectivity index (χ1n) is 22.1. The summed E-state index contributed by atoms with van der Waals surface area (Å²) in [6.07, 6.45) is 19.3. The molecule has 0 aromatic carbocycles. The van der Waals surface area contributed by atoms with Crippen molar-refractivity contribution in [3.63, 3.8) is 0 Å². The molecule has 0 aliphatic carbocycles. The second kappa shape index (κ2) is 36.2. The molecular weight excluding hydrogens is 797 g/mol. The zero-order valence-corrected chi connectivity index (χ0v) is 37.7. The molecule has 0 bridgehead atoms. The fourth-order valence-electron chi connectivity index (χ4n) is 6.11. The minimum Gasteiger partial charge on any atom is -0.373 e. The Labute approximate surface area is 356 Å². The van der Waals surface area contributed by atoms with Gasteiger partial charge in [0.05, 0.1) is 18.9 Å². The molecular formula is C41H80N8O8S2. The second-order valence-electron chi connectivity index (χ2n) is 15.4. The van der Waals surface area contributed by atoms with Crippen LogP contribution in [0.1, 0.15) is 109 Å². The molecule has 9 aliphatic rings. The lowest BCUT2D eigenvalue weighted by Gasteiger charge is -2.11. The molecule has 9 rings (SSSR count). The molecule has 0 radical (unpaired) electrons. The number of carbonyl (C=O) groups excluding carboxylic acids is 4. The number of ether oxygens (including phenoxy) is 1. The van der Waals surface area contributed by atoms with Crippen molar-refractivity contribution < 1.29 is 36.5 Å². The van der Waals surface area contributed by atoms with Crippen LogP contribution < -0.4 is 41.9 Å². The van der Waals surface area contributed by atoms with Gasteiger partial charge >= 0.3 is 0 Å². The number of piperazine rings is 1. The highest BCUT2D eigenvalue weighted by atomic mass is 32.2. The Hall–Kier alpha value is -2.45. The Morgan fingerprint density at radius 2 is 0.983 bits per heavy atom. The van der Waals surface area contributed by atoms with Crippen LogP contribution in [-0.2, 0) is 43.5 Å². The van der Waals surface area contributed by atoms with Gasteiger partial charge in [0.15, 0.2) is 5.78 Å². The zero-order valence-electron chi connectivity index (χ0n) is 36.0. The molecule has 0 unspecified atom stereocenters. The summed E-state index contributed by atoms with van der Waals surface area (Å²) >= 11 is 0. The topological polar surface area (TPSA) is 225 Å². The molecule has 18 heteroatoms. The Bertz CT molecular complexity index is 1190. The summed E-state index contributed by atoms with van der Waals surface area (Å²) in [6.45, 7) is 16.8. The van der Waals surface area contributed by atoms with E-state index in [0.717, 1.165) is 89.2 Å². The maximum Gasteiger partial charge on any atom is 0.234 e. The number of Topliss-reactive ketones (excluding diaryl/α,β-unsaturated/α-hetero) is 1. The summed E-state index contributed by atoms with van der Waals surface area (Å²) < 4.78 is 38.6. The molecule has 0 aromatic rings. The predicted molar refractivity (Wildman–Crippen MR) is 241 cm³/mol. The summed E-state index contributed by atoms with van der Waals surface area (Å²) in [7, 11) is -4.34. The molecule has 59 heavy (non-hydrogen) atoms. The van der Waals surface area contributed by atoms with E-state index in [1.54, 1.807) is 0 Å². The first-order valence-corrected chi connectivity index (χ1v) is 25.8. The van der Waals surface area contributed by atoms with Crippen molar-refractivity contribution in [2.24, 2.45) is 0 Å². The number of rotatable bonds is 0. The first kappa shape index (κ1) is 54.6. The van der Waals surface area contributed by atoms with Gasteiger partial charge in [0.2, 0.25) is 27.7 Å². The maximum atomic E-state index is 10.9. The minimum absolute atomic E-state index is 0.103. The third-order valence-corrected chi connectivity index (χ3v) is 13.2. The van der Waals surface area contributed by atoms with Gasteiger partial charge in [-0.15, -0.1) is 0 Å². The predicted octanol–water partition coefficient (Wildman–Crippen LogP) is 1.12. The van der Waals surface area contributed by atoms with E-state index < -0.39 is 19.5 Å². The van der Waals surface area contributed by atoms with Crippen LogP contribution in [0.5, 0.6) is 0 Å². The van der Waals surface area contributed by atoms with Crippen LogP contribution in [0.15, 0.2) is 12.2 Å². The molecule has 0 aromatic heterocycles. The number of hydrogen-bond donors (Lipinski definition) is 8. The number of carbonyl (C=O) groups is 4. The third kappa shape index (κ3) is 37.1. The molecule has 0 saturated carbocycles. The Morgan fingerprint density at radius 3 is 1.22 bits per heavy atom. The van der Waals surface area contributed by atoms with E-state index >= 15 is 0 Å². The van der Waals surface area contributed by atoms with E-state index in [0.29, 0.717) is 38.5 Å². The molecule has 3 amide bonds. The van der Waals surface area contributed by atoms with E-state index in [4.69, 9.17) is 4.74 Å².